The normalized spacial score (nSPS) is 17.2. The minimum Gasteiger partial charge on any atom is -0.326 e. The standard InChI is InChI=1S/C23H27N5O3S/c1-17-7-6-14-28(16-17)32(30,31)20-12-10-19(11-13-20)24-22(29)15-21-25-26-23(27(21)2)18-8-4-3-5-9-18/h3-5,8-13,17H,6-7,14-16H2,1-2H3,(H,24,29)/t17-/m0/s1. The number of hydrogen-bond donors (Lipinski definition) is 1. The predicted molar refractivity (Wildman–Crippen MR) is 122 cm³/mol. The summed E-state index contributed by atoms with van der Waals surface area (Å²) in [6.07, 6.45) is 1.99. The van der Waals surface area contributed by atoms with Gasteiger partial charge in [-0.1, -0.05) is 37.3 Å². The Kier molecular flexibility index (Phi) is 6.38. The molecule has 2 heterocycles. The Morgan fingerprint density at radius 1 is 1.09 bits per heavy atom. The van der Waals surface area contributed by atoms with E-state index in [-0.39, 0.29) is 17.2 Å². The highest BCUT2D eigenvalue weighted by atomic mass is 32.2. The fraction of sp³-hybridized carbons (Fsp3) is 0.348. The van der Waals surface area contributed by atoms with Crippen molar-refractivity contribution in [3.05, 3.63) is 60.4 Å². The summed E-state index contributed by atoms with van der Waals surface area (Å²) in [6.45, 7) is 3.16. The number of hydrogen-bond acceptors (Lipinski definition) is 5. The topological polar surface area (TPSA) is 97.2 Å². The summed E-state index contributed by atoms with van der Waals surface area (Å²) in [5.74, 6) is 1.34. The zero-order chi connectivity index (χ0) is 22.7. The van der Waals surface area contributed by atoms with E-state index in [1.54, 1.807) is 33.1 Å². The van der Waals surface area contributed by atoms with E-state index in [2.05, 4.69) is 22.4 Å². The number of carbonyl (C=O) groups excluding carboxylic acids is 1. The molecule has 1 aromatic heterocycles. The van der Waals surface area contributed by atoms with Crippen molar-refractivity contribution in [3.8, 4) is 11.4 Å². The average molecular weight is 454 g/mol. The number of nitrogens with zero attached hydrogens (tertiary/aromatic N) is 4. The highest BCUT2D eigenvalue weighted by Gasteiger charge is 2.28. The maximum atomic E-state index is 12.9. The lowest BCUT2D eigenvalue weighted by molar-refractivity contribution is -0.115. The number of rotatable bonds is 6. The summed E-state index contributed by atoms with van der Waals surface area (Å²) in [5.41, 5.74) is 1.46. The Bertz CT molecular complexity index is 1190. The number of sulfonamides is 1. The van der Waals surface area contributed by atoms with Gasteiger partial charge in [0.15, 0.2) is 5.82 Å². The smallest absolute Gasteiger partial charge is 0.243 e. The molecule has 9 heteroatoms. The third kappa shape index (κ3) is 4.73. The van der Waals surface area contributed by atoms with Gasteiger partial charge in [-0.05, 0) is 43.0 Å². The van der Waals surface area contributed by atoms with Crippen LogP contribution in [0.2, 0.25) is 0 Å². The second-order valence-corrected chi connectivity index (χ2v) is 10.2. The summed E-state index contributed by atoms with van der Waals surface area (Å²) in [6, 6.07) is 16.0. The molecular weight excluding hydrogens is 426 g/mol. The van der Waals surface area contributed by atoms with Crippen LogP contribution in [0.3, 0.4) is 0 Å². The molecular formula is C23H27N5O3S. The second-order valence-electron chi connectivity index (χ2n) is 8.22. The van der Waals surface area contributed by atoms with Gasteiger partial charge in [-0.2, -0.15) is 4.31 Å². The van der Waals surface area contributed by atoms with E-state index in [1.165, 1.54) is 0 Å². The van der Waals surface area contributed by atoms with Gasteiger partial charge in [0.1, 0.15) is 5.82 Å². The monoisotopic (exact) mass is 453 g/mol. The molecule has 4 rings (SSSR count). The first-order valence-electron chi connectivity index (χ1n) is 10.7. The van der Waals surface area contributed by atoms with E-state index in [9.17, 15) is 13.2 Å². The van der Waals surface area contributed by atoms with Crippen molar-refractivity contribution in [2.75, 3.05) is 18.4 Å². The lowest BCUT2D eigenvalue weighted by atomic mass is 10.0. The minimum absolute atomic E-state index is 0.0576. The molecule has 0 unspecified atom stereocenters. The van der Waals surface area contributed by atoms with Crippen LogP contribution in [-0.2, 0) is 28.3 Å². The Labute approximate surface area is 188 Å². The molecule has 1 aliphatic rings. The SMILES string of the molecule is C[C@H]1CCCN(S(=O)(=O)c2ccc(NC(=O)Cc3nnc(-c4ccccc4)n3C)cc2)C1. The van der Waals surface area contributed by atoms with Crippen molar-refractivity contribution in [3.63, 3.8) is 0 Å². The van der Waals surface area contributed by atoms with Crippen LogP contribution < -0.4 is 5.32 Å². The van der Waals surface area contributed by atoms with Gasteiger partial charge in [0, 0.05) is 31.4 Å². The molecule has 32 heavy (non-hydrogen) atoms. The van der Waals surface area contributed by atoms with Gasteiger partial charge in [0.2, 0.25) is 15.9 Å². The van der Waals surface area contributed by atoms with Crippen molar-refractivity contribution < 1.29 is 13.2 Å². The molecule has 0 saturated carbocycles. The largest absolute Gasteiger partial charge is 0.326 e. The summed E-state index contributed by atoms with van der Waals surface area (Å²) in [4.78, 5) is 12.8. The zero-order valence-corrected chi connectivity index (χ0v) is 19.0. The number of nitrogens with one attached hydrogen (secondary N) is 1. The lowest BCUT2D eigenvalue weighted by Gasteiger charge is -2.30. The lowest BCUT2D eigenvalue weighted by Crippen LogP contribution is -2.39. The van der Waals surface area contributed by atoms with Crippen LogP contribution in [0.1, 0.15) is 25.6 Å². The van der Waals surface area contributed by atoms with E-state index >= 15 is 0 Å². The average Bonchev–Trinajstić information content (AvgIpc) is 3.14. The molecule has 2 aromatic carbocycles. The number of benzene rings is 2. The van der Waals surface area contributed by atoms with Crippen LogP contribution in [0.4, 0.5) is 5.69 Å². The third-order valence-corrected chi connectivity index (χ3v) is 7.59. The van der Waals surface area contributed by atoms with Gasteiger partial charge in [-0.15, -0.1) is 10.2 Å². The Balaban J connectivity index is 1.41. The van der Waals surface area contributed by atoms with Gasteiger partial charge in [-0.3, -0.25) is 4.79 Å². The van der Waals surface area contributed by atoms with E-state index < -0.39 is 10.0 Å². The third-order valence-electron chi connectivity index (χ3n) is 5.71. The van der Waals surface area contributed by atoms with Gasteiger partial charge in [0.25, 0.3) is 0 Å². The molecule has 1 aliphatic heterocycles. The van der Waals surface area contributed by atoms with Gasteiger partial charge < -0.3 is 9.88 Å². The summed E-state index contributed by atoms with van der Waals surface area (Å²) in [7, 11) is -1.69. The molecule has 0 aliphatic carbocycles. The van der Waals surface area contributed by atoms with Crippen LogP contribution in [0.25, 0.3) is 11.4 Å². The van der Waals surface area contributed by atoms with Crippen LogP contribution in [0, 0.1) is 5.92 Å². The minimum atomic E-state index is -3.52. The van der Waals surface area contributed by atoms with E-state index in [0.717, 1.165) is 18.4 Å². The Morgan fingerprint density at radius 2 is 1.81 bits per heavy atom. The number of carbonyl (C=O) groups is 1. The summed E-state index contributed by atoms with van der Waals surface area (Å²) in [5, 5.41) is 11.1. The Hall–Kier alpha value is -3.04. The maximum Gasteiger partial charge on any atom is 0.243 e. The zero-order valence-electron chi connectivity index (χ0n) is 18.2. The molecule has 8 nitrogen and oxygen atoms in total. The highest BCUT2D eigenvalue weighted by Crippen LogP contribution is 2.24. The number of anilines is 1. The number of aromatic nitrogens is 3. The molecule has 0 spiro atoms. The highest BCUT2D eigenvalue weighted by molar-refractivity contribution is 7.89. The van der Waals surface area contributed by atoms with Crippen LogP contribution in [-0.4, -0.2) is 46.5 Å². The van der Waals surface area contributed by atoms with E-state index in [4.69, 9.17) is 0 Å². The first-order chi connectivity index (χ1) is 15.3. The molecule has 0 bridgehead atoms. The van der Waals surface area contributed by atoms with E-state index in [0.29, 0.717) is 36.3 Å². The summed E-state index contributed by atoms with van der Waals surface area (Å²) >= 11 is 0. The first-order valence-corrected chi connectivity index (χ1v) is 12.1. The molecule has 1 amide bonds. The predicted octanol–water partition coefficient (Wildman–Crippen LogP) is 3.08. The molecule has 3 aromatic rings. The quantitative estimate of drug-likeness (QED) is 0.619. The van der Waals surface area contributed by atoms with Crippen molar-refractivity contribution in [1.29, 1.82) is 0 Å². The van der Waals surface area contributed by atoms with Crippen LogP contribution in [0.15, 0.2) is 59.5 Å². The number of piperidine rings is 1. The van der Waals surface area contributed by atoms with E-state index in [1.807, 2.05) is 37.4 Å². The van der Waals surface area contributed by atoms with Gasteiger partial charge in [-0.25, -0.2) is 8.42 Å². The fourth-order valence-electron chi connectivity index (χ4n) is 3.93. The molecule has 1 N–H and O–H groups in total. The van der Waals surface area contributed by atoms with Crippen molar-refractivity contribution >= 4 is 21.6 Å². The van der Waals surface area contributed by atoms with Gasteiger partial charge in [0.05, 0.1) is 11.3 Å². The van der Waals surface area contributed by atoms with Crippen molar-refractivity contribution in [2.24, 2.45) is 13.0 Å². The van der Waals surface area contributed by atoms with Gasteiger partial charge >= 0.3 is 0 Å². The number of amides is 1. The molecule has 1 saturated heterocycles. The van der Waals surface area contributed by atoms with Crippen LogP contribution in [0.5, 0.6) is 0 Å². The summed E-state index contributed by atoms with van der Waals surface area (Å²) < 4.78 is 29.1. The molecule has 0 radical (unpaired) electrons. The molecule has 1 fully saturated rings. The van der Waals surface area contributed by atoms with Crippen LogP contribution >= 0.6 is 0 Å². The first kappa shape index (κ1) is 22.2. The maximum absolute atomic E-state index is 12.9. The Morgan fingerprint density at radius 3 is 2.50 bits per heavy atom. The fourth-order valence-corrected chi connectivity index (χ4v) is 5.53. The molecule has 168 valence electrons. The van der Waals surface area contributed by atoms with Crippen molar-refractivity contribution in [1.82, 2.24) is 19.1 Å². The molecule has 1 atom stereocenters. The van der Waals surface area contributed by atoms with Crippen molar-refractivity contribution in [2.45, 2.75) is 31.1 Å². The second kappa shape index (κ2) is 9.22.